The van der Waals surface area contributed by atoms with E-state index in [1.807, 2.05) is 12.1 Å². The van der Waals surface area contributed by atoms with Crippen LogP contribution in [0.4, 0.5) is 5.69 Å². The van der Waals surface area contributed by atoms with Crippen molar-refractivity contribution in [1.82, 2.24) is 0 Å². The van der Waals surface area contributed by atoms with E-state index in [0.717, 1.165) is 6.42 Å². The maximum atomic E-state index is 12.5. The Hall–Kier alpha value is -2.82. The van der Waals surface area contributed by atoms with Gasteiger partial charge in [-0.15, -0.1) is 0 Å². The molecule has 5 nitrogen and oxygen atoms in total. The van der Waals surface area contributed by atoms with E-state index in [4.69, 9.17) is 9.84 Å². The van der Waals surface area contributed by atoms with Crippen molar-refractivity contribution in [3.05, 3.63) is 59.2 Å². The summed E-state index contributed by atoms with van der Waals surface area (Å²) < 4.78 is 5.09. The molecule has 5 heteroatoms. The van der Waals surface area contributed by atoms with Gasteiger partial charge in [-0.3, -0.25) is 4.79 Å². The van der Waals surface area contributed by atoms with Crippen LogP contribution in [0.5, 0.6) is 5.75 Å². The third-order valence-electron chi connectivity index (χ3n) is 5.04. The zero-order valence-corrected chi connectivity index (χ0v) is 13.2. The molecule has 2 N–H and O–H groups in total. The molecule has 122 valence electrons. The van der Waals surface area contributed by atoms with Crippen molar-refractivity contribution < 1.29 is 19.4 Å². The third-order valence-corrected chi connectivity index (χ3v) is 5.04. The molecule has 0 spiro atoms. The van der Waals surface area contributed by atoms with Gasteiger partial charge in [0.25, 0.3) is 0 Å². The molecule has 2 aromatic rings. The summed E-state index contributed by atoms with van der Waals surface area (Å²) in [6.45, 7) is 0. The van der Waals surface area contributed by atoms with Crippen molar-refractivity contribution in [1.29, 1.82) is 0 Å². The number of carboxylic acid groups (broad SMARTS) is 1. The molecule has 0 aromatic heterocycles. The number of rotatable bonds is 4. The summed E-state index contributed by atoms with van der Waals surface area (Å²) in [5, 5.41) is 12.0. The molecule has 1 fully saturated rings. The summed E-state index contributed by atoms with van der Waals surface area (Å²) in [4.78, 5) is 23.7. The highest BCUT2D eigenvalue weighted by Gasteiger charge is 2.59. The van der Waals surface area contributed by atoms with E-state index < -0.39 is 5.97 Å². The lowest BCUT2D eigenvalue weighted by molar-refractivity contribution is -0.117. The SMILES string of the molecule is COc1cc(NC(=O)C2C3Cc4ccccc4C32)ccc1C(=O)O. The number of hydrogen-bond acceptors (Lipinski definition) is 3. The number of nitrogens with one attached hydrogen (secondary N) is 1. The predicted molar refractivity (Wildman–Crippen MR) is 88.5 cm³/mol. The fraction of sp³-hybridized carbons (Fsp3) is 0.263. The average molecular weight is 323 g/mol. The van der Waals surface area contributed by atoms with Gasteiger partial charge in [-0.05, 0) is 41.5 Å². The Morgan fingerprint density at radius 3 is 2.75 bits per heavy atom. The van der Waals surface area contributed by atoms with Crippen LogP contribution < -0.4 is 10.1 Å². The zero-order valence-electron chi connectivity index (χ0n) is 13.2. The minimum atomic E-state index is -1.06. The molecule has 0 radical (unpaired) electrons. The number of carboxylic acids is 1. The molecule has 2 aromatic carbocycles. The normalized spacial score (nSPS) is 23.1. The Morgan fingerprint density at radius 1 is 1.21 bits per heavy atom. The molecule has 3 unspecified atom stereocenters. The molecular formula is C19H17NO4. The van der Waals surface area contributed by atoms with Crippen molar-refractivity contribution in [2.75, 3.05) is 12.4 Å². The fourth-order valence-electron chi connectivity index (χ4n) is 3.88. The molecule has 3 atom stereocenters. The van der Waals surface area contributed by atoms with Gasteiger partial charge < -0.3 is 15.2 Å². The summed E-state index contributed by atoms with van der Waals surface area (Å²) in [7, 11) is 1.41. The highest BCUT2D eigenvalue weighted by molar-refractivity contribution is 5.97. The molecule has 0 heterocycles. The van der Waals surface area contributed by atoms with Gasteiger partial charge in [-0.2, -0.15) is 0 Å². The quantitative estimate of drug-likeness (QED) is 0.907. The number of benzene rings is 2. The molecule has 2 aliphatic rings. The summed E-state index contributed by atoms with van der Waals surface area (Å²) in [5.41, 5.74) is 3.28. The highest BCUT2D eigenvalue weighted by atomic mass is 16.5. The van der Waals surface area contributed by atoms with E-state index in [9.17, 15) is 9.59 Å². The van der Waals surface area contributed by atoms with Crippen LogP contribution in [0.15, 0.2) is 42.5 Å². The van der Waals surface area contributed by atoms with Crippen LogP contribution in [0.2, 0.25) is 0 Å². The molecule has 0 bridgehead atoms. The number of amides is 1. The van der Waals surface area contributed by atoms with Crippen molar-refractivity contribution in [2.24, 2.45) is 11.8 Å². The topological polar surface area (TPSA) is 75.6 Å². The van der Waals surface area contributed by atoms with Crippen LogP contribution in [-0.2, 0) is 11.2 Å². The lowest BCUT2D eigenvalue weighted by Gasteiger charge is -2.11. The maximum Gasteiger partial charge on any atom is 0.339 e. The molecule has 1 saturated carbocycles. The number of anilines is 1. The van der Waals surface area contributed by atoms with E-state index >= 15 is 0 Å². The monoisotopic (exact) mass is 323 g/mol. The largest absolute Gasteiger partial charge is 0.496 e. The lowest BCUT2D eigenvalue weighted by Crippen LogP contribution is -2.17. The molecular weight excluding hydrogens is 306 g/mol. The van der Waals surface area contributed by atoms with Crippen LogP contribution in [0.1, 0.15) is 27.4 Å². The van der Waals surface area contributed by atoms with Crippen molar-refractivity contribution in [2.45, 2.75) is 12.3 Å². The first-order valence-corrected chi connectivity index (χ1v) is 7.90. The first kappa shape index (κ1) is 14.8. The van der Waals surface area contributed by atoms with Crippen LogP contribution in [0.25, 0.3) is 0 Å². The molecule has 2 aliphatic carbocycles. The summed E-state index contributed by atoms with van der Waals surface area (Å²) in [6.07, 6.45) is 0.959. The Kier molecular flexibility index (Phi) is 3.30. The summed E-state index contributed by atoms with van der Waals surface area (Å²) in [6, 6.07) is 12.9. The number of fused-ring (bicyclic) bond motifs is 3. The van der Waals surface area contributed by atoms with Crippen LogP contribution in [0, 0.1) is 11.8 Å². The number of hydrogen-bond donors (Lipinski definition) is 2. The Balaban J connectivity index is 1.50. The van der Waals surface area contributed by atoms with Gasteiger partial charge in [0, 0.05) is 17.7 Å². The minimum absolute atomic E-state index is 0.00467. The number of methoxy groups -OCH3 is 1. The third kappa shape index (κ3) is 2.24. The first-order chi connectivity index (χ1) is 11.6. The molecule has 24 heavy (non-hydrogen) atoms. The van der Waals surface area contributed by atoms with Crippen molar-refractivity contribution in [3.8, 4) is 5.75 Å². The van der Waals surface area contributed by atoms with Crippen LogP contribution in [0.3, 0.4) is 0 Å². The number of aromatic carboxylic acids is 1. The Labute approximate surface area is 139 Å². The van der Waals surface area contributed by atoms with Gasteiger partial charge in [0.05, 0.1) is 7.11 Å². The predicted octanol–water partition coefficient (Wildman–Crippen LogP) is 2.92. The fourth-order valence-corrected chi connectivity index (χ4v) is 3.88. The van der Waals surface area contributed by atoms with Crippen LogP contribution in [-0.4, -0.2) is 24.1 Å². The van der Waals surface area contributed by atoms with E-state index in [2.05, 4.69) is 17.4 Å². The number of carbonyl (C=O) groups is 2. The molecule has 4 rings (SSSR count). The second-order valence-corrected chi connectivity index (χ2v) is 6.33. The van der Waals surface area contributed by atoms with Gasteiger partial charge >= 0.3 is 5.97 Å². The average Bonchev–Trinajstić information content (AvgIpc) is 3.17. The minimum Gasteiger partial charge on any atom is -0.496 e. The second-order valence-electron chi connectivity index (χ2n) is 6.33. The van der Waals surface area contributed by atoms with Crippen molar-refractivity contribution >= 4 is 17.6 Å². The molecule has 0 saturated heterocycles. The van der Waals surface area contributed by atoms with E-state index in [-0.39, 0.29) is 23.1 Å². The van der Waals surface area contributed by atoms with Gasteiger partial charge in [-0.1, -0.05) is 24.3 Å². The smallest absolute Gasteiger partial charge is 0.339 e. The Morgan fingerprint density at radius 2 is 2.00 bits per heavy atom. The Bertz CT molecular complexity index is 845. The van der Waals surface area contributed by atoms with Gasteiger partial charge in [0.2, 0.25) is 5.91 Å². The maximum absolute atomic E-state index is 12.5. The first-order valence-electron chi connectivity index (χ1n) is 7.90. The number of carbonyl (C=O) groups excluding carboxylic acids is 1. The van der Waals surface area contributed by atoms with Gasteiger partial charge in [0.1, 0.15) is 11.3 Å². The molecule has 0 aliphatic heterocycles. The highest BCUT2D eigenvalue weighted by Crippen LogP contribution is 2.61. The zero-order chi connectivity index (χ0) is 16.8. The summed E-state index contributed by atoms with van der Waals surface area (Å²) in [5.74, 6) is -0.113. The van der Waals surface area contributed by atoms with Crippen LogP contribution >= 0.6 is 0 Å². The second kappa shape index (κ2) is 5.37. The van der Waals surface area contributed by atoms with Gasteiger partial charge in [0.15, 0.2) is 0 Å². The van der Waals surface area contributed by atoms with Crippen molar-refractivity contribution in [3.63, 3.8) is 0 Å². The summed E-state index contributed by atoms with van der Waals surface area (Å²) >= 11 is 0. The van der Waals surface area contributed by atoms with Gasteiger partial charge in [-0.25, -0.2) is 4.79 Å². The standard InChI is InChI=1S/C19H17NO4/c1-24-15-9-11(6-7-13(15)19(22)23)20-18(21)17-14-8-10-4-2-3-5-12(10)16(14)17/h2-7,9,14,16-17H,8H2,1H3,(H,20,21)(H,22,23). The lowest BCUT2D eigenvalue weighted by atomic mass is 10.0. The van der Waals surface area contributed by atoms with E-state index in [1.54, 1.807) is 12.1 Å². The van der Waals surface area contributed by atoms with E-state index in [1.165, 1.54) is 24.3 Å². The number of ether oxygens (including phenoxy) is 1. The molecule has 1 amide bonds. The van der Waals surface area contributed by atoms with E-state index in [0.29, 0.717) is 17.5 Å².